The van der Waals surface area contributed by atoms with E-state index in [9.17, 15) is 14.4 Å². The molecule has 0 aromatic heterocycles. The van der Waals surface area contributed by atoms with Crippen LogP contribution in [0.5, 0.6) is 0 Å². The van der Waals surface area contributed by atoms with Crippen LogP contribution >= 0.6 is 0 Å². The maximum atomic E-state index is 13.9. The van der Waals surface area contributed by atoms with E-state index in [1.165, 1.54) is 0 Å². The van der Waals surface area contributed by atoms with E-state index in [-0.39, 0.29) is 18.4 Å². The molecule has 36 heavy (non-hydrogen) atoms. The number of rotatable bonds is 8. The Morgan fingerprint density at radius 3 is 2.06 bits per heavy atom. The fourth-order valence-electron chi connectivity index (χ4n) is 4.01. The number of hydrogen-bond donors (Lipinski definition) is 2. The number of nitrogens with one attached hydrogen (secondary N) is 2. The van der Waals surface area contributed by atoms with Crippen LogP contribution < -0.4 is 10.6 Å². The van der Waals surface area contributed by atoms with Gasteiger partial charge in [-0.3, -0.25) is 9.59 Å². The van der Waals surface area contributed by atoms with Gasteiger partial charge in [-0.15, -0.1) is 0 Å². The Labute approximate surface area is 215 Å². The van der Waals surface area contributed by atoms with Gasteiger partial charge in [-0.2, -0.15) is 0 Å². The third-order valence-electron chi connectivity index (χ3n) is 6.16. The molecule has 1 unspecified atom stereocenters. The van der Waals surface area contributed by atoms with E-state index in [1.807, 2.05) is 84.0 Å². The highest BCUT2D eigenvalue weighted by molar-refractivity contribution is 5.99. The molecule has 2 aromatic carbocycles. The lowest BCUT2D eigenvalue weighted by atomic mass is 9.92. The molecule has 2 aromatic rings. The van der Waals surface area contributed by atoms with Crippen molar-refractivity contribution in [3.8, 4) is 0 Å². The van der Waals surface area contributed by atoms with Crippen LogP contribution in [0.3, 0.4) is 0 Å². The minimum Gasteiger partial charge on any atom is -0.444 e. The fourth-order valence-corrected chi connectivity index (χ4v) is 4.01. The van der Waals surface area contributed by atoms with Gasteiger partial charge in [-0.25, -0.2) is 4.79 Å². The molecule has 0 aliphatic carbocycles. The first-order valence-electron chi connectivity index (χ1n) is 12.4. The maximum absolute atomic E-state index is 13.9. The van der Waals surface area contributed by atoms with Gasteiger partial charge in [-0.1, -0.05) is 55.0 Å². The van der Waals surface area contributed by atoms with E-state index in [4.69, 9.17) is 4.74 Å². The number of amides is 3. The van der Waals surface area contributed by atoms with Crippen LogP contribution in [0, 0.1) is 20.8 Å². The Kier molecular flexibility index (Phi) is 9.30. The lowest BCUT2D eigenvalue weighted by Crippen LogP contribution is -2.55. The van der Waals surface area contributed by atoms with Crippen LogP contribution in [0.4, 0.5) is 10.5 Å². The van der Waals surface area contributed by atoms with Crippen LogP contribution in [0.2, 0.25) is 0 Å². The highest BCUT2D eigenvalue weighted by atomic mass is 16.6. The molecule has 0 heterocycles. The molecule has 7 nitrogen and oxygen atoms in total. The van der Waals surface area contributed by atoms with Gasteiger partial charge in [0.2, 0.25) is 5.91 Å². The van der Waals surface area contributed by atoms with Gasteiger partial charge in [0, 0.05) is 11.2 Å². The Bertz CT molecular complexity index is 1080. The zero-order chi connectivity index (χ0) is 27.3. The maximum Gasteiger partial charge on any atom is 0.408 e. The largest absolute Gasteiger partial charge is 0.444 e. The summed E-state index contributed by atoms with van der Waals surface area (Å²) in [5, 5.41) is 5.64. The monoisotopic (exact) mass is 495 g/mol. The van der Waals surface area contributed by atoms with Gasteiger partial charge < -0.3 is 20.3 Å². The molecule has 0 saturated heterocycles. The summed E-state index contributed by atoms with van der Waals surface area (Å²) in [6, 6.07) is 12.5. The second kappa shape index (κ2) is 11.6. The summed E-state index contributed by atoms with van der Waals surface area (Å²) < 4.78 is 5.29. The first-order chi connectivity index (χ1) is 16.7. The highest BCUT2D eigenvalue weighted by Crippen LogP contribution is 2.33. The average Bonchev–Trinajstić information content (AvgIpc) is 2.76. The Morgan fingerprint density at radius 2 is 1.53 bits per heavy atom. The van der Waals surface area contributed by atoms with Crippen molar-refractivity contribution in [1.29, 1.82) is 0 Å². The molecule has 0 aliphatic heterocycles. The Hall–Kier alpha value is -3.35. The normalized spacial score (nSPS) is 12.5. The van der Waals surface area contributed by atoms with Crippen LogP contribution in [0.15, 0.2) is 42.5 Å². The molecule has 1 atom stereocenters. The summed E-state index contributed by atoms with van der Waals surface area (Å²) in [5.41, 5.74) is 2.91. The third-order valence-corrected chi connectivity index (χ3v) is 6.16. The number of carbonyl (C=O) groups excluding carboxylic acids is 3. The highest BCUT2D eigenvalue weighted by Gasteiger charge is 2.40. The number of ether oxygens (including phenoxy) is 1. The molecule has 0 aliphatic rings. The van der Waals surface area contributed by atoms with E-state index in [1.54, 1.807) is 25.7 Å². The predicted molar refractivity (Wildman–Crippen MR) is 144 cm³/mol. The van der Waals surface area contributed by atoms with Crippen LogP contribution in [0.25, 0.3) is 0 Å². The summed E-state index contributed by atoms with van der Waals surface area (Å²) in [4.78, 5) is 41.5. The molecule has 0 bridgehead atoms. The molecular weight excluding hydrogens is 454 g/mol. The predicted octanol–water partition coefficient (Wildman–Crippen LogP) is 5.83. The third kappa shape index (κ3) is 7.57. The van der Waals surface area contributed by atoms with Gasteiger partial charge in [0.05, 0.1) is 0 Å². The van der Waals surface area contributed by atoms with Gasteiger partial charge in [0.25, 0.3) is 5.91 Å². The molecule has 2 rings (SSSR count). The van der Waals surface area contributed by atoms with E-state index in [0.717, 1.165) is 22.4 Å². The quantitative estimate of drug-likeness (QED) is 0.482. The minimum atomic E-state index is -0.910. The van der Waals surface area contributed by atoms with Crippen molar-refractivity contribution >= 4 is 23.6 Å². The number of anilines is 1. The van der Waals surface area contributed by atoms with Crippen molar-refractivity contribution in [3.63, 3.8) is 0 Å². The number of benzene rings is 2. The van der Waals surface area contributed by atoms with Crippen molar-refractivity contribution in [2.24, 2.45) is 0 Å². The molecule has 0 radical (unpaired) electrons. The van der Waals surface area contributed by atoms with Crippen LogP contribution in [-0.4, -0.2) is 40.5 Å². The zero-order valence-electron chi connectivity index (χ0n) is 23.1. The first kappa shape index (κ1) is 28.9. The molecule has 2 N–H and O–H groups in total. The van der Waals surface area contributed by atoms with Crippen LogP contribution in [0.1, 0.15) is 76.3 Å². The van der Waals surface area contributed by atoms with E-state index < -0.39 is 23.3 Å². The SMILES string of the molecule is CCC(C)(C)N(C(=O)CNC(=O)OC(C)(C)C)C(C(=O)Nc1c(C)cccc1C)c1cccc(C)c1. The molecule has 7 heteroatoms. The van der Waals surface area contributed by atoms with Crippen molar-refractivity contribution in [3.05, 3.63) is 64.7 Å². The molecular formula is C29H41N3O4. The minimum absolute atomic E-state index is 0.294. The number of nitrogens with zero attached hydrogens (tertiary/aromatic N) is 1. The standard InChI is InChI=1S/C29H41N3O4/c1-10-29(8,9)32(23(33)18-30-27(35)36-28(5,6)7)25(22-16-11-13-19(2)17-22)26(34)31-24-20(3)14-12-15-21(24)4/h11-17,25H,10,18H2,1-9H3,(H,30,35)(H,31,34). The van der Waals surface area contributed by atoms with Crippen LogP contribution in [-0.2, 0) is 14.3 Å². The van der Waals surface area contributed by atoms with Gasteiger partial charge in [0.15, 0.2) is 0 Å². The molecule has 0 saturated carbocycles. The molecule has 196 valence electrons. The van der Waals surface area contributed by atoms with Crippen molar-refractivity contribution in [1.82, 2.24) is 10.2 Å². The zero-order valence-corrected chi connectivity index (χ0v) is 23.1. The van der Waals surface area contributed by atoms with Crippen molar-refractivity contribution in [2.75, 3.05) is 11.9 Å². The van der Waals surface area contributed by atoms with E-state index >= 15 is 0 Å². The van der Waals surface area contributed by atoms with Crippen molar-refractivity contribution < 1.29 is 19.1 Å². The number of para-hydroxylation sites is 1. The lowest BCUT2D eigenvalue weighted by molar-refractivity contribution is -0.145. The van der Waals surface area contributed by atoms with E-state index in [2.05, 4.69) is 10.6 Å². The lowest BCUT2D eigenvalue weighted by Gasteiger charge is -2.43. The fraction of sp³-hybridized carbons (Fsp3) is 0.483. The summed E-state index contributed by atoms with van der Waals surface area (Å²) in [6.07, 6.45) is -0.0818. The second-order valence-corrected chi connectivity index (χ2v) is 10.9. The Morgan fingerprint density at radius 1 is 0.944 bits per heavy atom. The number of carbonyl (C=O) groups is 3. The number of hydrogen-bond acceptors (Lipinski definition) is 4. The second-order valence-electron chi connectivity index (χ2n) is 10.9. The van der Waals surface area contributed by atoms with Gasteiger partial charge >= 0.3 is 6.09 Å². The van der Waals surface area contributed by atoms with Crippen molar-refractivity contribution in [2.45, 2.75) is 85.9 Å². The Balaban J connectivity index is 2.51. The smallest absolute Gasteiger partial charge is 0.408 e. The molecule has 0 spiro atoms. The summed E-state index contributed by atoms with van der Waals surface area (Å²) >= 11 is 0. The molecule has 3 amide bonds. The number of aryl methyl sites for hydroxylation is 3. The summed E-state index contributed by atoms with van der Waals surface area (Å²) in [7, 11) is 0. The first-order valence-corrected chi connectivity index (χ1v) is 12.4. The van der Waals surface area contributed by atoms with E-state index in [0.29, 0.717) is 12.0 Å². The topological polar surface area (TPSA) is 87.7 Å². The number of alkyl carbamates (subject to hydrolysis) is 1. The molecule has 0 fully saturated rings. The van der Waals surface area contributed by atoms with Gasteiger partial charge in [0.1, 0.15) is 18.2 Å². The summed E-state index contributed by atoms with van der Waals surface area (Å²) in [6.45, 7) is 16.6. The summed E-state index contributed by atoms with van der Waals surface area (Å²) in [5.74, 6) is -0.694. The average molecular weight is 496 g/mol. The van der Waals surface area contributed by atoms with Gasteiger partial charge in [-0.05, 0) is 78.5 Å².